The van der Waals surface area contributed by atoms with Gasteiger partial charge in [-0.15, -0.1) is 0 Å². The number of nitro benzene ring substituents is 1. The van der Waals surface area contributed by atoms with Gasteiger partial charge in [0.1, 0.15) is 0 Å². The number of alkyl halides is 3. The molecule has 0 bridgehead atoms. The van der Waals surface area contributed by atoms with Crippen LogP contribution in [0.15, 0.2) is 58.0 Å². The molecule has 0 aromatic heterocycles. The lowest BCUT2D eigenvalue weighted by Crippen LogP contribution is -2.06. The van der Waals surface area contributed by atoms with Crippen LogP contribution in [0.2, 0.25) is 0 Å². The lowest BCUT2D eigenvalue weighted by atomic mass is 10.1. The summed E-state index contributed by atoms with van der Waals surface area (Å²) in [4.78, 5) is 14.9. The number of nitrogens with zero attached hydrogens (tertiary/aromatic N) is 2. The quantitative estimate of drug-likeness (QED) is 0.190. The summed E-state index contributed by atoms with van der Waals surface area (Å²) in [5, 5.41) is 11.3. The molecule has 0 spiro atoms. The third kappa shape index (κ3) is 5.70. The molecule has 0 saturated carbocycles. The first-order valence-electron chi connectivity index (χ1n) is 9.52. The van der Waals surface area contributed by atoms with E-state index in [9.17, 15) is 23.3 Å². The fraction of sp³-hybridized carbons (Fsp3) is 0.174. The molecule has 0 saturated heterocycles. The van der Waals surface area contributed by atoms with Crippen molar-refractivity contribution in [1.82, 2.24) is 0 Å². The van der Waals surface area contributed by atoms with Crippen molar-refractivity contribution in [1.29, 1.82) is 0 Å². The molecule has 172 valence electrons. The fourth-order valence-corrected chi connectivity index (χ4v) is 3.44. The highest BCUT2D eigenvalue weighted by atomic mass is 79.9. The Bertz CT molecular complexity index is 1240. The summed E-state index contributed by atoms with van der Waals surface area (Å²) in [5.74, 6) is -0.0765. The molecule has 0 aliphatic rings. The molecule has 3 aromatic rings. The van der Waals surface area contributed by atoms with Crippen LogP contribution >= 0.6 is 15.9 Å². The smallest absolute Gasteiger partial charge is 0.416 e. The zero-order valence-corrected chi connectivity index (χ0v) is 19.3. The Morgan fingerprint density at radius 1 is 1.03 bits per heavy atom. The highest BCUT2D eigenvalue weighted by Crippen LogP contribution is 2.43. The highest BCUT2D eigenvalue weighted by Gasteiger charge is 2.33. The molecule has 3 aromatic carbocycles. The van der Waals surface area contributed by atoms with Gasteiger partial charge in [-0.05, 0) is 82.9 Å². The first-order chi connectivity index (χ1) is 15.5. The first kappa shape index (κ1) is 24.2. The van der Waals surface area contributed by atoms with E-state index in [0.717, 1.165) is 22.9 Å². The van der Waals surface area contributed by atoms with Gasteiger partial charge >= 0.3 is 11.9 Å². The number of aliphatic imine (C=N–C) groups is 1. The van der Waals surface area contributed by atoms with Crippen molar-refractivity contribution in [3.63, 3.8) is 0 Å². The van der Waals surface area contributed by atoms with Crippen LogP contribution in [0.3, 0.4) is 0 Å². The van der Waals surface area contributed by atoms with Crippen LogP contribution in [0.25, 0.3) is 0 Å². The third-order valence-electron chi connectivity index (χ3n) is 4.80. The molecule has 0 amide bonds. The minimum Gasteiger partial charge on any atom is -0.493 e. The monoisotopic (exact) mass is 522 g/mol. The lowest BCUT2D eigenvalue weighted by molar-refractivity contribution is -0.385. The fourth-order valence-electron chi connectivity index (χ4n) is 2.90. The minimum atomic E-state index is -4.72. The summed E-state index contributed by atoms with van der Waals surface area (Å²) in [6.07, 6.45) is -3.11. The van der Waals surface area contributed by atoms with Gasteiger partial charge in [0.05, 0.1) is 27.8 Å². The van der Waals surface area contributed by atoms with Gasteiger partial charge in [0.15, 0.2) is 11.5 Å². The molecule has 6 nitrogen and oxygen atoms in total. The SMILES string of the molecule is COc1cc(C=Nc2ccc(C)c(C)c2)cc(Br)c1Oc1ccc(C(F)(F)F)cc1[N+](=O)[O-]. The number of nitro groups is 1. The predicted molar refractivity (Wildman–Crippen MR) is 122 cm³/mol. The Kier molecular flexibility index (Phi) is 7.06. The maximum absolute atomic E-state index is 13.0. The Morgan fingerprint density at radius 3 is 2.36 bits per heavy atom. The minimum absolute atomic E-state index is 0.0729. The van der Waals surface area contributed by atoms with Gasteiger partial charge in [-0.3, -0.25) is 15.1 Å². The number of benzene rings is 3. The molecule has 0 fully saturated rings. The molecular formula is C23H18BrF3N2O4. The summed E-state index contributed by atoms with van der Waals surface area (Å²) in [6.45, 7) is 3.99. The Labute approximate surface area is 196 Å². The van der Waals surface area contributed by atoms with Crippen molar-refractivity contribution >= 4 is 33.5 Å². The molecule has 33 heavy (non-hydrogen) atoms. The van der Waals surface area contributed by atoms with Crippen molar-refractivity contribution in [3.8, 4) is 17.2 Å². The van der Waals surface area contributed by atoms with E-state index in [-0.39, 0.29) is 17.2 Å². The molecule has 0 heterocycles. The van der Waals surface area contributed by atoms with Crippen molar-refractivity contribution in [3.05, 3.63) is 85.4 Å². The van der Waals surface area contributed by atoms with E-state index in [1.165, 1.54) is 7.11 Å². The molecule has 0 atom stereocenters. The van der Waals surface area contributed by atoms with Gasteiger partial charge in [0.25, 0.3) is 0 Å². The van der Waals surface area contributed by atoms with Gasteiger partial charge in [0.2, 0.25) is 5.75 Å². The Balaban J connectivity index is 1.96. The Morgan fingerprint density at radius 2 is 1.76 bits per heavy atom. The number of hydrogen-bond acceptors (Lipinski definition) is 5. The molecule has 10 heteroatoms. The summed E-state index contributed by atoms with van der Waals surface area (Å²) in [5.41, 5.74) is 1.69. The zero-order valence-electron chi connectivity index (χ0n) is 17.7. The maximum Gasteiger partial charge on any atom is 0.416 e. The molecule has 3 rings (SSSR count). The predicted octanol–water partition coefficient (Wildman–Crippen LogP) is 7.54. The average molecular weight is 523 g/mol. The largest absolute Gasteiger partial charge is 0.493 e. The number of rotatable bonds is 6. The number of aryl methyl sites for hydroxylation is 2. The van der Waals surface area contributed by atoms with Gasteiger partial charge in [-0.25, -0.2) is 0 Å². The second-order valence-corrected chi connectivity index (χ2v) is 7.95. The van der Waals surface area contributed by atoms with E-state index in [1.807, 2.05) is 32.0 Å². The number of hydrogen-bond donors (Lipinski definition) is 0. The molecule has 0 aliphatic heterocycles. The topological polar surface area (TPSA) is 74.0 Å². The summed E-state index contributed by atoms with van der Waals surface area (Å²) < 4.78 is 50.2. The lowest BCUT2D eigenvalue weighted by Gasteiger charge is -2.14. The molecule has 0 N–H and O–H groups in total. The first-order valence-corrected chi connectivity index (χ1v) is 10.3. The van der Waals surface area contributed by atoms with E-state index < -0.39 is 22.4 Å². The highest BCUT2D eigenvalue weighted by molar-refractivity contribution is 9.10. The molecular weight excluding hydrogens is 505 g/mol. The van der Waals surface area contributed by atoms with E-state index in [4.69, 9.17) is 9.47 Å². The van der Waals surface area contributed by atoms with Crippen LogP contribution in [0.1, 0.15) is 22.3 Å². The van der Waals surface area contributed by atoms with Gasteiger partial charge in [0, 0.05) is 12.3 Å². The van der Waals surface area contributed by atoms with Gasteiger partial charge in [-0.1, -0.05) is 6.07 Å². The van der Waals surface area contributed by atoms with Crippen LogP contribution in [0.4, 0.5) is 24.5 Å². The van der Waals surface area contributed by atoms with Crippen LogP contribution in [0, 0.1) is 24.0 Å². The van der Waals surface area contributed by atoms with Gasteiger partial charge in [-0.2, -0.15) is 13.2 Å². The maximum atomic E-state index is 13.0. The normalized spacial score (nSPS) is 11.6. The second kappa shape index (κ2) is 9.62. The van der Waals surface area contributed by atoms with Gasteiger partial charge < -0.3 is 9.47 Å². The molecule has 0 aliphatic carbocycles. The standard InChI is InChI=1S/C23H18BrF3N2O4/c1-13-4-6-17(8-14(13)2)28-12-15-9-18(24)22(21(10-15)32-3)33-20-7-5-16(23(25,26)27)11-19(20)29(30)31/h4-12H,1-3H3. The van der Waals surface area contributed by atoms with E-state index >= 15 is 0 Å². The Hall–Kier alpha value is -3.40. The van der Waals surface area contributed by atoms with Crippen molar-refractivity contribution in [2.75, 3.05) is 7.11 Å². The van der Waals surface area contributed by atoms with Crippen LogP contribution in [0.5, 0.6) is 17.2 Å². The zero-order chi connectivity index (χ0) is 24.3. The van der Waals surface area contributed by atoms with Crippen LogP contribution in [-0.2, 0) is 6.18 Å². The summed E-state index contributed by atoms with van der Waals surface area (Å²) in [7, 11) is 1.38. The van der Waals surface area contributed by atoms with E-state index in [1.54, 1.807) is 18.3 Å². The van der Waals surface area contributed by atoms with Crippen molar-refractivity contribution in [2.45, 2.75) is 20.0 Å². The van der Waals surface area contributed by atoms with Crippen molar-refractivity contribution < 1.29 is 27.6 Å². The summed E-state index contributed by atoms with van der Waals surface area (Å²) >= 11 is 3.33. The molecule has 0 radical (unpaired) electrons. The van der Waals surface area contributed by atoms with Crippen LogP contribution < -0.4 is 9.47 Å². The number of methoxy groups -OCH3 is 1. The van der Waals surface area contributed by atoms with E-state index in [2.05, 4.69) is 20.9 Å². The van der Waals surface area contributed by atoms with E-state index in [0.29, 0.717) is 22.2 Å². The number of ether oxygens (including phenoxy) is 2. The second-order valence-electron chi connectivity index (χ2n) is 7.10. The molecule has 0 unspecified atom stereocenters. The summed E-state index contributed by atoms with van der Waals surface area (Å²) in [6, 6.07) is 11.1. The number of halogens is 4. The third-order valence-corrected chi connectivity index (χ3v) is 5.39. The van der Waals surface area contributed by atoms with Crippen LogP contribution in [-0.4, -0.2) is 18.2 Å². The van der Waals surface area contributed by atoms with Crippen molar-refractivity contribution in [2.24, 2.45) is 4.99 Å². The average Bonchev–Trinajstić information content (AvgIpc) is 2.75.